The van der Waals surface area contributed by atoms with Crippen molar-refractivity contribution in [1.29, 1.82) is 0 Å². The number of Topliss-reactive ketones (excluding diaryl/α,β-unsaturated/α-hetero) is 1. The number of amides is 1. The molecule has 1 aromatic carbocycles. The molecular weight excluding hydrogens is 456 g/mol. The zero-order valence-corrected chi connectivity index (χ0v) is 20.3. The first-order valence-electron chi connectivity index (χ1n) is 11.1. The molecule has 0 aliphatic carbocycles. The molecule has 3 saturated heterocycles. The Bertz CT molecular complexity index is 1200. The highest BCUT2D eigenvalue weighted by Crippen LogP contribution is 2.30. The summed E-state index contributed by atoms with van der Waals surface area (Å²) >= 11 is 2.65. The van der Waals surface area contributed by atoms with E-state index in [1.807, 2.05) is 25.1 Å². The van der Waals surface area contributed by atoms with Crippen molar-refractivity contribution in [2.75, 3.05) is 32.5 Å². The maximum atomic E-state index is 12.9. The van der Waals surface area contributed by atoms with Crippen LogP contribution in [-0.4, -0.2) is 65.1 Å². The van der Waals surface area contributed by atoms with Gasteiger partial charge in [0.1, 0.15) is 16.6 Å². The number of ether oxygens (including phenoxy) is 1. The van der Waals surface area contributed by atoms with E-state index in [9.17, 15) is 9.59 Å². The van der Waals surface area contributed by atoms with Crippen molar-refractivity contribution in [2.24, 2.45) is 5.92 Å². The van der Waals surface area contributed by atoms with Gasteiger partial charge in [-0.2, -0.15) is 0 Å². The van der Waals surface area contributed by atoms with Gasteiger partial charge in [-0.15, -0.1) is 11.3 Å². The Morgan fingerprint density at radius 1 is 1.18 bits per heavy atom. The number of carbonyl (C=O) groups is 2. The molecule has 3 aliphatic rings. The van der Waals surface area contributed by atoms with Crippen LogP contribution in [0, 0.1) is 12.8 Å². The van der Waals surface area contributed by atoms with Crippen molar-refractivity contribution >= 4 is 45.7 Å². The van der Waals surface area contributed by atoms with Crippen LogP contribution in [0.4, 0.5) is 0 Å². The molecule has 0 saturated carbocycles. The van der Waals surface area contributed by atoms with Gasteiger partial charge in [-0.05, 0) is 69.1 Å². The molecule has 33 heavy (non-hydrogen) atoms. The van der Waals surface area contributed by atoms with Crippen LogP contribution in [0.3, 0.4) is 0 Å². The predicted molar refractivity (Wildman–Crippen MR) is 131 cm³/mol. The third kappa shape index (κ3) is 4.76. The number of benzene rings is 1. The number of methoxy groups -OCH3 is 1. The largest absolute Gasteiger partial charge is 0.497 e. The second-order valence-electron chi connectivity index (χ2n) is 8.55. The van der Waals surface area contributed by atoms with Crippen LogP contribution in [-0.2, 0) is 0 Å². The van der Waals surface area contributed by atoms with E-state index < -0.39 is 0 Å². The van der Waals surface area contributed by atoms with Crippen molar-refractivity contribution in [3.8, 4) is 5.75 Å². The van der Waals surface area contributed by atoms with Crippen molar-refractivity contribution in [1.82, 2.24) is 20.2 Å². The molecule has 5 heterocycles. The average molecular weight is 483 g/mol. The normalized spacial score (nSPS) is 21.8. The molecule has 2 bridgehead atoms. The second-order valence-corrected chi connectivity index (χ2v) is 10.6. The average Bonchev–Trinajstić information content (AvgIpc) is 3.33. The number of nitrogens with one attached hydrogen (secondary N) is 1. The number of thioether (sulfide) groups is 1. The maximum Gasteiger partial charge on any atom is 0.261 e. The highest BCUT2D eigenvalue weighted by Gasteiger charge is 2.35. The van der Waals surface area contributed by atoms with Crippen LogP contribution in [0.25, 0.3) is 10.9 Å². The molecule has 2 aromatic heterocycles. The molecule has 0 radical (unpaired) electrons. The lowest BCUT2D eigenvalue weighted by atomic mass is 9.84. The van der Waals surface area contributed by atoms with Crippen LogP contribution in [0.15, 0.2) is 35.4 Å². The van der Waals surface area contributed by atoms with Crippen molar-refractivity contribution in [3.63, 3.8) is 0 Å². The van der Waals surface area contributed by atoms with Crippen LogP contribution < -0.4 is 10.1 Å². The summed E-state index contributed by atoms with van der Waals surface area (Å²) in [5.74, 6) is 2.10. The van der Waals surface area contributed by atoms with E-state index in [2.05, 4.69) is 20.2 Å². The first-order valence-corrected chi connectivity index (χ1v) is 12.9. The number of carbonyl (C=O) groups excluding carboxylic acids is 2. The minimum absolute atomic E-state index is 0.0146. The van der Waals surface area contributed by atoms with E-state index in [1.54, 1.807) is 19.2 Å². The quantitative estimate of drug-likeness (QED) is 0.311. The number of hydrogen-bond acceptors (Lipinski definition) is 8. The third-order valence-electron chi connectivity index (χ3n) is 6.40. The van der Waals surface area contributed by atoms with E-state index >= 15 is 0 Å². The van der Waals surface area contributed by atoms with Crippen molar-refractivity contribution in [3.05, 3.63) is 45.9 Å². The summed E-state index contributed by atoms with van der Waals surface area (Å²) in [6.45, 7) is 5.05. The summed E-state index contributed by atoms with van der Waals surface area (Å²) in [7, 11) is 1.62. The molecule has 9 heteroatoms. The maximum absolute atomic E-state index is 12.9. The van der Waals surface area contributed by atoms with Crippen LogP contribution >= 0.6 is 23.1 Å². The lowest BCUT2D eigenvalue weighted by Crippen LogP contribution is -2.57. The molecule has 0 unspecified atom stereocenters. The summed E-state index contributed by atoms with van der Waals surface area (Å²) < 4.78 is 5.33. The monoisotopic (exact) mass is 482 g/mol. The molecule has 3 aromatic rings. The molecule has 3 fully saturated rings. The number of piperidine rings is 3. The fraction of sp³-hybridized carbons (Fsp3) is 0.417. The van der Waals surface area contributed by atoms with E-state index in [0.29, 0.717) is 21.5 Å². The molecule has 7 nitrogen and oxygen atoms in total. The molecule has 1 N–H and O–H groups in total. The van der Waals surface area contributed by atoms with Gasteiger partial charge in [0.2, 0.25) is 0 Å². The lowest BCUT2D eigenvalue weighted by Gasteiger charge is -2.44. The van der Waals surface area contributed by atoms with Crippen molar-refractivity contribution in [2.45, 2.75) is 30.8 Å². The van der Waals surface area contributed by atoms with E-state index in [1.165, 1.54) is 23.1 Å². The molecule has 1 atom stereocenters. The summed E-state index contributed by atoms with van der Waals surface area (Å²) in [6.07, 6.45) is 2.30. The van der Waals surface area contributed by atoms with Gasteiger partial charge in [-0.1, -0.05) is 11.8 Å². The van der Waals surface area contributed by atoms with Gasteiger partial charge in [0, 0.05) is 18.0 Å². The summed E-state index contributed by atoms with van der Waals surface area (Å²) in [5.41, 5.74) is 0.820. The van der Waals surface area contributed by atoms with Crippen LogP contribution in [0.2, 0.25) is 0 Å². The fourth-order valence-electron chi connectivity index (χ4n) is 4.61. The Kier molecular flexibility index (Phi) is 6.36. The van der Waals surface area contributed by atoms with E-state index in [4.69, 9.17) is 4.74 Å². The third-order valence-corrected chi connectivity index (χ3v) is 8.51. The summed E-state index contributed by atoms with van der Waals surface area (Å²) in [5, 5.41) is 4.81. The number of nitrogens with zero attached hydrogens (tertiary/aromatic N) is 3. The minimum Gasteiger partial charge on any atom is -0.497 e. The molecule has 6 rings (SSSR count). The Labute approximate surface area is 200 Å². The minimum atomic E-state index is -0.0741. The topological polar surface area (TPSA) is 84.4 Å². The molecule has 0 spiro atoms. The SMILES string of the molecule is COc1ccc2nc(C)nc(SCC(=O)c3ccc(C(=O)N[C@@H]4CN5CCC4CC5)s3)c2c1. The summed E-state index contributed by atoms with van der Waals surface area (Å²) in [4.78, 5) is 38.3. The van der Waals surface area contributed by atoms with Gasteiger partial charge < -0.3 is 15.0 Å². The zero-order chi connectivity index (χ0) is 22.9. The number of hydrogen-bond donors (Lipinski definition) is 1. The Balaban J connectivity index is 1.25. The Morgan fingerprint density at radius 3 is 2.70 bits per heavy atom. The highest BCUT2D eigenvalue weighted by molar-refractivity contribution is 8.00. The van der Waals surface area contributed by atoms with Gasteiger partial charge >= 0.3 is 0 Å². The molecular formula is C24H26N4O3S2. The number of aromatic nitrogens is 2. The Morgan fingerprint density at radius 2 is 1.97 bits per heavy atom. The molecule has 3 aliphatic heterocycles. The predicted octanol–water partition coefficient (Wildman–Crippen LogP) is 3.81. The van der Waals surface area contributed by atoms with Gasteiger partial charge in [0.25, 0.3) is 5.91 Å². The fourth-order valence-corrected chi connectivity index (χ4v) is 6.49. The van der Waals surface area contributed by atoms with Gasteiger partial charge in [-0.3, -0.25) is 9.59 Å². The van der Waals surface area contributed by atoms with E-state index in [-0.39, 0.29) is 23.5 Å². The van der Waals surface area contributed by atoms with E-state index in [0.717, 1.165) is 54.2 Å². The second kappa shape index (κ2) is 9.40. The first kappa shape index (κ1) is 22.3. The van der Waals surface area contributed by atoms with Gasteiger partial charge in [-0.25, -0.2) is 9.97 Å². The number of thiophene rings is 1. The standard InChI is InChI=1S/C24H26N4O3S2/c1-14-25-18-4-3-16(31-2)11-17(18)24(26-14)32-13-20(29)21-5-6-22(33-21)23(30)27-19-12-28-9-7-15(19)8-10-28/h3-6,11,15,19H,7-10,12-13H2,1-2H3,(H,27,30)/t19-/m1/s1. The first-order chi connectivity index (χ1) is 16.0. The molecule has 172 valence electrons. The zero-order valence-electron chi connectivity index (χ0n) is 18.7. The number of rotatable bonds is 7. The van der Waals surface area contributed by atoms with Crippen LogP contribution in [0.1, 0.15) is 38.0 Å². The molecule has 1 amide bonds. The summed E-state index contributed by atoms with van der Waals surface area (Å²) in [6, 6.07) is 9.38. The smallest absolute Gasteiger partial charge is 0.261 e. The number of fused-ring (bicyclic) bond motifs is 4. The number of aryl methyl sites for hydroxylation is 1. The van der Waals surface area contributed by atoms with Crippen LogP contribution in [0.5, 0.6) is 5.75 Å². The van der Waals surface area contributed by atoms with Gasteiger partial charge in [0.15, 0.2) is 5.78 Å². The number of ketones is 1. The lowest BCUT2D eigenvalue weighted by molar-refractivity contribution is 0.0622. The van der Waals surface area contributed by atoms with Gasteiger partial charge in [0.05, 0.1) is 28.1 Å². The Hall–Kier alpha value is -2.49. The van der Waals surface area contributed by atoms with Crippen molar-refractivity contribution < 1.29 is 14.3 Å². The highest BCUT2D eigenvalue weighted by atomic mass is 32.2.